The van der Waals surface area contributed by atoms with Gasteiger partial charge in [0.1, 0.15) is 11.4 Å². The fraction of sp³-hybridized carbons (Fsp3) is 0.320. The number of benzene rings is 2. The molecule has 0 saturated carbocycles. The first kappa shape index (κ1) is 20.8. The zero-order valence-corrected chi connectivity index (χ0v) is 17.7. The standard InChI is InChI=1S/C25H26N2O4/c1-25(2,24(29)30)31-20-8-5-7-19(16-20)17-12-14-27(15-13-17)23(28)22-11-10-18-6-3-4-9-21(18)26-22/h3-11,16-17H,12-15H2,1-2H3,(H,29,30). The number of pyridine rings is 1. The van der Waals surface area contributed by atoms with Gasteiger partial charge >= 0.3 is 5.97 Å². The van der Waals surface area contributed by atoms with E-state index in [4.69, 9.17) is 4.74 Å². The SMILES string of the molecule is CC(C)(Oc1cccc(C2CCN(C(=O)c3ccc4ccccc4n3)CC2)c1)C(=O)O. The number of carboxylic acids is 1. The van der Waals surface area contributed by atoms with Crippen LogP contribution in [0.3, 0.4) is 0 Å². The molecule has 6 nitrogen and oxygen atoms in total. The Morgan fingerprint density at radius 1 is 1.03 bits per heavy atom. The Kier molecular flexibility index (Phi) is 5.63. The van der Waals surface area contributed by atoms with Crippen LogP contribution in [0, 0.1) is 0 Å². The summed E-state index contributed by atoms with van der Waals surface area (Å²) in [6.45, 7) is 4.38. The summed E-state index contributed by atoms with van der Waals surface area (Å²) in [5, 5.41) is 10.3. The van der Waals surface area contributed by atoms with Crippen LogP contribution in [0.1, 0.15) is 48.7 Å². The van der Waals surface area contributed by atoms with Crippen LogP contribution in [-0.2, 0) is 4.79 Å². The molecule has 0 atom stereocenters. The second-order valence-electron chi connectivity index (χ2n) is 8.45. The minimum absolute atomic E-state index is 0.0375. The minimum atomic E-state index is -1.29. The van der Waals surface area contributed by atoms with Crippen molar-refractivity contribution in [3.63, 3.8) is 0 Å². The fourth-order valence-electron chi connectivity index (χ4n) is 3.93. The maximum atomic E-state index is 12.9. The molecule has 1 aliphatic rings. The first-order valence-corrected chi connectivity index (χ1v) is 10.5. The average molecular weight is 418 g/mol. The summed E-state index contributed by atoms with van der Waals surface area (Å²) in [5.74, 6) is -0.203. The third-order valence-electron chi connectivity index (χ3n) is 5.82. The Hall–Kier alpha value is -3.41. The van der Waals surface area contributed by atoms with Gasteiger partial charge < -0.3 is 14.7 Å². The molecule has 2 heterocycles. The zero-order chi connectivity index (χ0) is 22.0. The van der Waals surface area contributed by atoms with E-state index in [0.717, 1.165) is 29.3 Å². The Labute approximate surface area is 181 Å². The van der Waals surface area contributed by atoms with Gasteiger partial charge in [0, 0.05) is 18.5 Å². The van der Waals surface area contributed by atoms with Gasteiger partial charge in [-0.2, -0.15) is 0 Å². The van der Waals surface area contributed by atoms with Crippen LogP contribution >= 0.6 is 0 Å². The highest BCUT2D eigenvalue weighted by Gasteiger charge is 2.30. The van der Waals surface area contributed by atoms with Gasteiger partial charge in [0.25, 0.3) is 5.91 Å². The number of nitrogens with zero attached hydrogens (tertiary/aromatic N) is 2. The normalized spacial score (nSPS) is 15.1. The monoisotopic (exact) mass is 418 g/mol. The molecule has 1 N–H and O–H groups in total. The molecule has 1 saturated heterocycles. The van der Waals surface area contributed by atoms with E-state index in [2.05, 4.69) is 4.98 Å². The first-order chi connectivity index (χ1) is 14.8. The molecule has 0 unspecified atom stereocenters. The number of carboxylic acid groups (broad SMARTS) is 1. The predicted octanol–water partition coefficient (Wildman–Crippen LogP) is 4.50. The Morgan fingerprint density at radius 3 is 2.52 bits per heavy atom. The summed E-state index contributed by atoms with van der Waals surface area (Å²) >= 11 is 0. The van der Waals surface area contributed by atoms with Crippen molar-refractivity contribution in [1.82, 2.24) is 9.88 Å². The summed E-state index contributed by atoms with van der Waals surface area (Å²) in [4.78, 5) is 30.7. The van der Waals surface area contributed by atoms with Crippen molar-refractivity contribution in [2.75, 3.05) is 13.1 Å². The fourth-order valence-corrected chi connectivity index (χ4v) is 3.93. The number of ether oxygens (including phenoxy) is 1. The van der Waals surface area contributed by atoms with Crippen LogP contribution in [0.5, 0.6) is 5.75 Å². The largest absolute Gasteiger partial charge is 0.478 e. The number of amides is 1. The molecular weight excluding hydrogens is 392 g/mol. The van der Waals surface area contributed by atoms with Gasteiger partial charge in [0.2, 0.25) is 0 Å². The molecule has 3 aromatic rings. The van der Waals surface area contributed by atoms with E-state index in [-0.39, 0.29) is 5.91 Å². The number of para-hydroxylation sites is 1. The number of aromatic nitrogens is 1. The molecule has 2 aromatic carbocycles. The number of likely N-dealkylation sites (tertiary alicyclic amines) is 1. The van der Waals surface area contributed by atoms with E-state index in [1.165, 1.54) is 13.8 Å². The number of carbonyl (C=O) groups is 2. The van der Waals surface area contributed by atoms with Crippen LogP contribution in [0.2, 0.25) is 0 Å². The van der Waals surface area contributed by atoms with E-state index < -0.39 is 11.6 Å². The van der Waals surface area contributed by atoms with Crippen molar-refractivity contribution in [2.24, 2.45) is 0 Å². The van der Waals surface area contributed by atoms with Gasteiger partial charge in [-0.1, -0.05) is 36.4 Å². The van der Waals surface area contributed by atoms with Gasteiger partial charge in [-0.05, 0) is 62.4 Å². The van der Waals surface area contributed by atoms with Crippen LogP contribution in [-0.4, -0.2) is 45.6 Å². The van der Waals surface area contributed by atoms with E-state index >= 15 is 0 Å². The number of hydrogen-bond acceptors (Lipinski definition) is 4. The maximum Gasteiger partial charge on any atom is 0.347 e. The Balaban J connectivity index is 1.42. The number of aliphatic carboxylic acids is 1. The molecule has 160 valence electrons. The van der Waals surface area contributed by atoms with Gasteiger partial charge in [0.15, 0.2) is 5.60 Å². The van der Waals surface area contributed by atoms with Crippen LogP contribution < -0.4 is 4.74 Å². The van der Waals surface area contributed by atoms with Crippen molar-refractivity contribution < 1.29 is 19.4 Å². The van der Waals surface area contributed by atoms with Crippen molar-refractivity contribution in [2.45, 2.75) is 38.2 Å². The number of carbonyl (C=O) groups excluding carboxylic acids is 1. The molecule has 1 aliphatic heterocycles. The smallest absolute Gasteiger partial charge is 0.347 e. The Bertz CT molecular complexity index is 1120. The van der Waals surface area contributed by atoms with Crippen LogP contribution in [0.15, 0.2) is 60.7 Å². The molecule has 0 spiro atoms. The highest BCUT2D eigenvalue weighted by Crippen LogP contribution is 2.31. The number of fused-ring (bicyclic) bond motifs is 1. The molecule has 0 radical (unpaired) electrons. The zero-order valence-electron chi connectivity index (χ0n) is 17.7. The van der Waals surface area contributed by atoms with Crippen molar-refractivity contribution in [3.05, 3.63) is 71.9 Å². The Morgan fingerprint density at radius 2 is 1.77 bits per heavy atom. The maximum absolute atomic E-state index is 12.9. The van der Waals surface area contributed by atoms with E-state index in [9.17, 15) is 14.7 Å². The molecule has 6 heteroatoms. The van der Waals surface area contributed by atoms with E-state index in [1.807, 2.05) is 53.4 Å². The predicted molar refractivity (Wildman–Crippen MR) is 118 cm³/mol. The summed E-state index contributed by atoms with van der Waals surface area (Å²) in [5.41, 5.74) is 1.11. The van der Waals surface area contributed by atoms with Crippen LogP contribution in [0.25, 0.3) is 10.9 Å². The van der Waals surface area contributed by atoms with E-state index in [1.54, 1.807) is 12.1 Å². The molecule has 0 bridgehead atoms. The molecule has 0 aliphatic carbocycles. The van der Waals surface area contributed by atoms with Crippen LogP contribution in [0.4, 0.5) is 0 Å². The van der Waals surface area contributed by atoms with Crippen molar-refractivity contribution >= 4 is 22.8 Å². The third kappa shape index (κ3) is 4.53. The van der Waals surface area contributed by atoms with Gasteiger partial charge in [-0.25, -0.2) is 9.78 Å². The molecule has 1 fully saturated rings. The highest BCUT2D eigenvalue weighted by molar-refractivity contribution is 5.95. The molecule has 1 aromatic heterocycles. The second kappa shape index (κ2) is 8.38. The van der Waals surface area contributed by atoms with Crippen molar-refractivity contribution in [3.8, 4) is 5.75 Å². The summed E-state index contributed by atoms with van der Waals surface area (Å²) in [7, 11) is 0. The number of piperidine rings is 1. The highest BCUT2D eigenvalue weighted by atomic mass is 16.5. The molecule has 31 heavy (non-hydrogen) atoms. The number of hydrogen-bond donors (Lipinski definition) is 1. The molecule has 4 rings (SSSR count). The van der Waals surface area contributed by atoms with Gasteiger partial charge in [0.05, 0.1) is 5.52 Å². The summed E-state index contributed by atoms with van der Waals surface area (Å²) in [6, 6.07) is 19.1. The number of rotatable bonds is 5. The van der Waals surface area contributed by atoms with Gasteiger partial charge in [-0.3, -0.25) is 4.79 Å². The topological polar surface area (TPSA) is 79.7 Å². The first-order valence-electron chi connectivity index (χ1n) is 10.5. The quantitative estimate of drug-likeness (QED) is 0.660. The minimum Gasteiger partial charge on any atom is -0.478 e. The second-order valence-corrected chi connectivity index (χ2v) is 8.45. The lowest BCUT2D eigenvalue weighted by Gasteiger charge is -2.32. The average Bonchev–Trinajstić information content (AvgIpc) is 2.78. The van der Waals surface area contributed by atoms with Crippen molar-refractivity contribution in [1.29, 1.82) is 0 Å². The third-order valence-corrected chi connectivity index (χ3v) is 5.82. The lowest BCUT2D eigenvalue weighted by molar-refractivity contribution is -0.152. The lowest BCUT2D eigenvalue weighted by Crippen LogP contribution is -2.38. The van der Waals surface area contributed by atoms with Gasteiger partial charge in [-0.15, -0.1) is 0 Å². The summed E-state index contributed by atoms with van der Waals surface area (Å²) < 4.78 is 5.67. The van der Waals surface area contributed by atoms with E-state index in [0.29, 0.717) is 30.5 Å². The molecule has 1 amide bonds. The summed E-state index contributed by atoms with van der Waals surface area (Å²) in [6.07, 6.45) is 1.68. The molecular formula is C25H26N2O4. The lowest BCUT2D eigenvalue weighted by atomic mass is 9.89.